The van der Waals surface area contributed by atoms with Gasteiger partial charge < -0.3 is 13.9 Å². The molecule has 0 radical (unpaired) electrons. The highest BCUT2D eigenvalue weighted by Gasteiger charge is 2.45. The maximum absolute atomic E-state index is 14.0. The van der Waals surface area contributed by atoms with Crippen LogP contribution in [-0.2, 0) is 20.5 Å². The number of hydrogen-bond acceptors (Lipinski definition) is 4. The van der Waals surface area contributed by atoms with Gasteiger partial charge in [-0.1, -0.05) is 145 Å². The largest absolute Gasteiger partial charge is 0.413 e. The Labute approximate surface area is 273 Å². The highest BCUT2D eigenvalue weighted by Crippen LogP contribution is 2.42. The summed E-state index contributed by atoms with van der Waals surface area (Å²) in [4.78, 5) is 0. The van der Waals surface area contributed by atoms with Gasteiger partial charge in [-0.2, -0.15) is 5.26 Å². The van der Waals surface area contributed by atoms with E-state index in [4.69, 9.17) is 13.9 Å². The number of nitriles is 1. The number of benzene rings is 1. The molecule has 254 valence electrons. The zero-order chi connectivity index (χ0) is 32.6. The van der Waals surface area contributed by atoms with E-state index in [1.54, 1.807) is 6.07 Å². The Morgan fingerprint density at radius 3 is 1.61 bits per heavy atom. The van der Waals surface area contributed by atoms with Crippen molar-refractivity contribution in [2.45, 2.75) is 181 Å². The molecule has 1 aromatic carbocycles. The number of nitrogens with zero attached hydrogens (tertiary/aromatic N) is 1. The lowest BCUT2D eigenvalue weighted by Gasteiger charge is -2.43. The molecule has 0 aliphatic heterocycles. The first-order chi connectivity index (χ1) is 21.2. The van der Waals surface area contributed by atoms with Gasteiger partial charge in [0.2, 0.25) is 0 Å². The molecule has 0 amide bonds. The van der Waals surface area contributed by atoms with Crippen LogP contribution >= 0.6 is 0 Å². The molecule has 4 nitrogen and oxygen atoms in total. The summed E-state index contributed by atoms with van der Waals surface area (Å²) in [6.45, 7) is 17.9. The second-order valence-electron chi connectivity index (χ2n) is 13.9. The molecule has 0 N–H and O–H groups in total. The van der Waals surface area contributed by atoms with E-state index >= 15 is 0 Å². The zero-order valence-corrected chi connectivity index (χ0v) is 30.7. The van der Waals surface area contributed by atoms with E-state index in [-0.39, 0.29) is 12.7 Å². The van der Waals surface area contributed by atoms with Gasteiger partial charge in [-0.15, -0.1) is 0 Å². The van der Waals surface area contributed by atoms with Crippen molar-refractivity contribution in [2.75, 3.05) is 19.8 Å². The van der Waals surface area contributed by atoms with Crippen LogP contribution in [0.25, 0.3) is 0 Å². The lowest BCUT2D eigenvalue weighted by Crippen LogP contribution is -2.49. The molecule has 0 bridgehead atoms. The van der Waals surface area contributed by atoms with Gasteiger partial charge in [0.15, 0.2) is 8.32 Å². The first-order valence-electron chi connectivity index (χ1n) is 18.2. The minimum Gasteiger partial charge on any atom is -0.413 e. The van der Waals surface area contributed by atoms with Crippen LogP contribution in [0.1, 0.15) is 162 Å². The molecule has 0 unspecified atom stereocenters. The summed E-state index contributed by atoms with van der Waals surface area (Å²) in [6.07, 6.45) is 21.4. The number of halogens is 1. The Kier molecular flexibility index (Phi) is 23.1. The molecule has 0 saturated heterocycles. The summed E-state index contributed by atoms with van der Waals surface area (Å²) in [5.74, 6) is -0.416. The smallest absolute Gasteiger partial charge is 0.200 e. The quantitative estimate of drug-likeness (QED) is 0.0680. The van der Waals surface area contributed by atoms with Gasteiger partial charge in [0.25, 0.3) is 0 Å². The number of hydrogen-bond donors (Lipinski definition) is 0. The van der Waals surface area contributed by atoms with E-state index in [9.17, 15) is 9.65 Å². The minimum atomic E-state index is -2.06. The minimum absolute atomic E-state index is 0.225. The molecular formula is C38H68FNO3Si. The lowest BCUT2D eigenvalue weighted by molar-refractivity contribution is -0.0483. The van der Waals surface area contributed by atoms with Crippen LogP contribution in [0.2, 0.25) is 16.6 Å². The Bertz CT molecular complexity index is 864. The van der Waals surface area contributed by atoms with E-state index in [1.807, 2.05) is 6.07 Å². The van der Waals surface area contributed by atoms with Crippen LogP contribution in [0.3, 0.4) is 0 Å². The molecule has 0 saturated carbocycles. The predicted molar refractivity (Wildman–Crippen MR) is 187 cm³/mol. The monoisotopic (exact) mass is 633 g/mol. The van der Waals surface area contributed by atoms with E-state index < -0.39 is 14.1 Å². The van der Waals surface area contributed by atoms with Gasteiger partial charge in [-0.05, 0) is 46.8 Å². The number of rotatable bonds is 28. The van der Waals surface area contributed by atoms with Crippen molar-refractivity contribution in [3.63, 3.8) is 0 Å². The summed E-state index contributed by atoms with van der Waals surface area (Å²) in [7, 11) is -2.06. The topological polar surface area (TPSA) is 51.5 Å². The molecule has 1 rings (SSSR count). The Balaban J connectivity index is 2.38. The second kappa shape index (κ2) is 24.9. The number of ether oxygens (including phenoxy) is 2. The summed E-state index contributed by atoms with van der Waals surface area (Å²) >= 11 is 0. The van der Waals surface area contributed by atoms with Gasteiger partial charge in [-0.3, -0.25) is 0 Å². The van der Waals surface area contributed by atoms with Gasteiger partial charge in [0, 0.05) is 6.61 Å². The highest BCUT2D eigenvalue weighted by atomic mass is 28.4. The van der Waals surface area contributed by atoms with Crippen LogP contribution in [0.15, 0.2) is 18.2 Å². The maximum atomic E-state index is 14.0. The lowest BCUT2D eigenvalue weighted by atomic mass is 10.0. The highest BCUT2D eigenvalue weighted by molar-refractivity contribution is 6.77. The van der Waals surface area contributed by atoms with E-state index in [1.165, 1.54) is 108 Å². The van der Waals surface area contributed by atoms with Crippen molar-refractivity contribution < 1.29 is 18.3 Å². The third-order valence-corrected chi connectivity index (χ3v) is 15.3. The Morgan fingerprint density at radius 1 is 0.682 bits per heavy atom. The van der Waals surface area contributed by atoms with Crippen molar-refractivity contribution >= 4 is 8.32 Å². The van der Waals surface area contributed by atoms with E-state index in [0.29, 0.717) is 41.0 Å². The van der Waals surface area contributed by atoms with E-state index in [2.05, 4.69) is 48.5 Å². The van der Waals surface area contributed by atoms with Gasteiger partial charge in [0.05, 0.1) is 31.5 Å². The van der Waals surface area contributed by atoms with Crippen molar-refractivity contribution in [3.8, 4) is 6.07 Å². The van der Waals surface area contributed by atoms with Gasteiger partial charge in [0.1, 0.15) is 11.9 Å². The fourth-order valence-electron chi connectivity index (χ4n) is 6.86. The Hall–Kier alpha value is -1.26. The van der Waals surface area contributed by atoms with Crippen LogP contribution in [0, 0.1) is 17.1 Å². The van der Waals surface area contributed by atoms with Crippen LogP contribution in [-0.4, -0.2) is 34.2 Å². The summed E-state index contributed by atoms with van der Waals surface area (Å²) in [6, 6.07) is 6.40. The molecule has 1 atom stereocenters. The molecular weight excluding hydrogens is 566 g/mol. The second-order valence-corrected chi connectivity index (χ2v) is 19.4. The van der Waals surface area contributed by atoms with Crippen LogP contribution in [0.4, 0.5) is 4.39 Å². The van der Waals surface area contributed by atoms with Crippen molar-refractivity contribution in [1.29, 1.82) is 5.26 Å². The van der Waals surface area contributed by atoms with Crippen molar-refractivity contribution in [3.05, 3.63) is 35.1 Å². The molecule has 6 heteroatoms. The van der Waals surface area contributed by atoms with Crippen molar-refractivity contribution in [2.24, 2.45) is 0 Å². The molecule has 1 aromatic rings. The molecule has 0 fully saturated rings. The molecule has 0 aliphatic carbocycles. The molecule has 0 heterocycles. The summed E-state index contributed by atoms with van der Waals surface area (Å²) in [5, 5.41) is 9.22. The fourth-order valence-corrected chi connectivity index (χ4v) is 12.3. The third kappa shape index (κ3) is 16.9. The molecule has 0 spiro atoms. The zero-order valence-electron chi connectivity index (χ0n) is 29.7. The van der Waals surface area contributed by atoms with Crippen LogP contribution in [0.5, 0.6) is 0 Å². The first-order valence-corrected chi connectivity index (χ1v) is 20.3. The van der Waals surface area contributed by atoms with Gasteiger partial charge in [-0.25, -0.2) is 4.39 Å². The van der Waals surface area contributed by atoms with Crippen molar-refractivity contribution in [1.82, 2.24) is 0 Å². The van der Waals surface area contributed by atoms with Gasteiger partial charge >= 0.3 is 0 Å². The number of unbranched alkanes of at least 4 members (excludes halogenated alkanes) is 15. The normalized spacial score (nSPS) is 12.9. The SMILES string of the molecule is CCCCCCCCCCCCCCCCCCOC[C@H](CO[Si](C(C)C)(C(C)C)C(C)C)OCc1cc(F)cc(C#N)c1. The molecule has 0 aromatic heterocycles. The summed E-state index contributed by atoms with van der Waals surface area (Å²) < 4.78 is 33.2. The average Bonchev–Trinajstić information content (AvgIpc) is 2.98. The molecule has 0 aliphatic rings. The van der Waals surface area contributed by atoms with E-state index in [0.717, 1.165) is 13.0 Å². The standard InChI is InChI=1S/C38H68FNO3Si/c1-8-9-10-11-12-13-14-15-16-17-18-19-20-21-22-23-24-41-30-38(31-43-44(32(2)3,33(4)5)34(6)7)42-29-36-25-35(28-40)26-37(39)27-36/h25-27,32-34,38H,8-24,29-31H2,1-7H3/t38-/m1/s1. The Morgan fingerprint density at radius 2 is 1.16 bits per heavy atom. The van der Waals surface area contributed by atoms with Crippen LogP contribution < -0.4 is 0 Å². The fraction of sp³-hybridized carbons (Fsp3) is 0.816. The average molecular weight is 634 g/mol. The summed E-state index contributed by atoms with van der Waals surface area (Å²) in [5.41, 5.74) is 2.41. The predicted octanol–water partition coefficient (Wildman–Crippen LogP) is 12.1. The first kappa shape index (κ1) is 40.8. The molecule has 44 heavy (non-hydrogen) atoms. The third-order valence-electron chi connectivity index (χ3n) is 9.24. The maximum Gasteiger partial charge on any atom is 0.200 e.